The predicted molar refractivity (Wildman–Crippen MR) is 104 cm³/mol. The van der Waals surface area contributed by atoms with Crippen LogP contribution in [0.1, 0.15) is 6.42 Å². The topological polar surface area (TPSA) is 73.9 Å². The quantitative estimate of drug-likeness (QED) is 0.621. The first-order valence-corrected chi connectivity index (χ1v) is 9.08. The molecule has 0 spiro atoms. The van der Waals surface area contributed by atoms with Gasteiger partial charge in [-0.2, -0.15) is 0 Å². The van der Waals surface area contributed by atoms with Crippen LogP contribution in [0.2, 0.25) is 0 Å². The van der Waals surface area contributed by atoms with Crippen LogP contribution in [0.4, 0.5) is 17.1 Å². The van der Waals surface area contributed by atoms with Gasteiger partial charge in [0.05, 0.1) is 25.3 Å². The lowest BCUT2D eigenvalue weighted by atomic mass is 10.2. The van der Waals surface area contributed by atoms with E-state index in [1.807, 2.05) is 54.6 Å². The zero-order valence-corrected chi connectivity index (χ0v) is 14.9. The number of ether oxygens (including phenoxy) is 1. The fourth-order valence-electron chi connectivity index (χ4n) is 3.34. The summed E-state index contributed by atoms with van der Waals surface area (Å²) in [6, 6.07) is 16.4. The number of nitrogens with one attached hydrogen (secondary N) is 2. The molecule has 0 saturated carbocycles. The maximum absolute atomic E-state index is 12.7. The van der Waals surface area contributed by atoms with Crippen LogP contribution in [0.5, 0.6) is 0 Å². The number of hydrazine groups is 1. The van der Waals surface area contributed by atoms with Gasteiger partial charge in [0.1, 0.15) is 6.04 Å². The average Bonchev–Trinajstić information content (AvgIpc) is 3.01. The standard InChI is InChI=1S/C20H22N4O3/c25-19-14-18(22-21-15-4-2-1-3-5-15)20(26)24(19)17-8-6-16(7-9-17)23-10-12-27-13-11-23/h1-9,18,21-22H,10-14H2/t18-/m0/s1. The number of anilines is 3. The van der Waals surface area contributed by atoms with Crippen LogP contribution in [0.25, 0.3) is 0 Å². The SMILES string of the molecule is O=C1C[C@H](NNc2ccccc2)C(=O)N1c1ccc(N2CCOCC2)cc1. The van der Waals surface area contributed by atoms with Gasteiger partial charge < -0.3 is 15.1 Å². The van der Waals surface area contributed by atoms with E-state index in [1.54, 1.807) is 0 Å². The molecule has 2 fully saturated rings. The van der Waals surface area contributed by atoms with Crippen LogP contribution in [-0.4, -0.2) is 44.2 Å². The Balaban J connectivity index is 1.42. The molecule has 0 radical (unpaired) electrons. The lowest BCUT2D eigenvalue weighted by Crippen LogP contribution is -2.41. The summed E-state index contributed by atoms with van der Waals surface area (Å²) in [6.07, 6.45) is 0.129. The number of nitrogens with zero attached hydrogens (tertiary/aromatic N) is 2. The van der Waals surface area contributed by atoms with Crippen LogP contribution in [0, 0.1) is 0 Å². The number of carbonyl (C=O) groups is 2. The number of para-hydroxylation sites is 1. The van der Waals surface area contributed by atoms with E-state index in [2.05, 4.69) is 15.8 Å². The normalized spacial score (nSPS) is 20.2. The number of amides is 2. The van der Waals surface area contributed by atoms with Crippen molar-refractivity contribution in [1.29, 1.82) is 0 Å². The first-order chi connectivity index (χ1) is 13.2. The molecule has 2 aromatic rings. The van der Waals surface area contributed by atoms with Crippen molar-refractivity contribution in [1.82, 2.24) is 5.43 Å². The van der Waals surface area contributed by atoms with E-state index < -0.39 is 6.04 Å². The predicted octanol–water partition coefficient (Wildman–Crippen LogP) is 1.77. The average molecular weight is 366 g/mol. The van der Waals surface area contributed by atoms with E-state index in [0.29, 0.717) is 18.9 Å². The molecular formula is C20H22N4O3. The summed E-state index contributed by atoms with van der Waals surface area (Å²) < 4.78 is 5.37. The molecule has 0 aliphatic carbocycles. The third kappa shape index (κ3) is 3.79. The monoisotopic (exact) mass is 366 g/mol. The summed E-state index contributed by atoms with van der Waals surface area (Å²) >= 11 is 0. The molecule has 7 heteroatoms. The molecule has 140 valence electrons. The van der Waals surface area contributed by atoms with Gasteiger partial charge in [0.2, 0.25) is 5.91 Å². The first kappa shape index (κ1) is 17.5. The molecule has 0 aromatic heterocycles. The summed E-state index contributed by atoms with van der Waals surface area (Å²) in [4.78, 5) is 28.6. The summed E-state index contributed by atoms with van der Waals surface area (Å²) in [5.41, 5.74) is 8.46. The van der Waals surface area contributed by atoms with Gasteiger partial charge >= 0.3 is 0 Å². The van der Waals surface area contributed by atoms with Gasteiger partial charge in [0, 0.05) is 24.5 Å². The molecule has 1 atom stereocenters. The van der Waals surface area contributed by atoms with E-state index in [-0.39, 0.29) is 18.2 Å². The van der Waals surface area contributed by atoms with Crippen LogP contribution < -0.4 is 20.7 Å². The van der Waals surface area contributed by atoms with Gasteiger partial charge in [0.15, 0.2) is 0 Å². The molecule has 0 unspecified atom stereocenters. The summed E-state index contributed by atoms with van der Waals surface area (Å²) in [7, 11) is 0. The zero-order valence-electron chi connectivity index (χ0n) is 14.9. The van der Waals surface area contributed by atoms with Crippen LogP contribution in [-0.2, 0) is 14.3 Å². The summed E-state index contributed by atoms with van der Waals surface area (Å²) in [6.45, 7) is 3.12. The third-order valence-corrected chi connectivity index (χ3v) is 4.80. The Morgan fingerprint density at radius 2 is 1.56 bits per heavy atom. The largest absolute Gasteiger partial charge is 0.378 e. The van der Waals surface area contributed by atoms with Gasteiger partial charge in [-0.1, -0.05) is 18.2 Å². The molecule has 7 nitrogen and oxygen atoms in total. The fraction of sp³-hybridized carbons (Fsp3) is 0.300. The Morgan fingerprint density at radius 3 is 2.26 bits per heavy atom. The van der Waals surface area contributed by atoms with Crippen molar-refractivity contribution in [2.45, 2.75) is 12.5 Å². The van der Waals surface area contributed by atoms with Crippen molar-refractivity contribution in [2.24, 2.45) is 0 Å². The van der Waals surface area contributed by atoms with Gasteiger partial charge in [-0.3, -0.25) is 9.59 Å². The molecule has 2 aliphatic rings. The Bertz CT molecular complexity index is 804. The second-order valence-corrected chi connectivity index (χ2v) is 6.58. The molecular weight excluding hydrogens is 344 g/mol. The van der Waals surface area contributed by atoms with E-state index in [0.717, 1.165) is 24.5 Å². The van der Waals surface area contributed by atoms with Crippen LogP contribution >= 0.6 is 0 Å². The molecule has 2 aliphatic heterocycles. The number of imide groups is 1. The Hall–Kier alpha value is -2.90. The van der Waals surface area contributed by atoms with E-state index in [4.69, 9.17) is 4.74 Å². The van der Waals surface area contributed by atoms with Crippen LogP contribution in [0.15, 0.2) is 54.6 Å². The molecule has 2 saturated heterocycles. The minimum atomic E-state index is -0.586. The van der Waals surface area contributed by atoms with Crippen molar-refractivity contribution >= 4 is 28.9 Å². The number of rotatable bonds is 5. The number of hydrogen-bond acceptors (Lipinski definition) is 6. The van der Waals surface area contributed by atoms with Gasteiger partial charge in [-0.15, -0.1) is 0 Å². The first-order valence-electron chi connectivity index (χ1n) is 9.08. The third-order valence-electron chi connectivity index (χ3n) is 4.80. The van der Waals surface area contributed by atoms with Crippen molar-refractivity contribution in [3.05, 3.63) is 54.6 Å². The Labute approximate surface area is 157 Å². The smallest absolute Gasteiger partial charge is 0.253 e. The maximum Gasteiger partial charge on any atom is 0.253 e. The summed E-state index contributed by atoms with van der Waals surface area (Å²) in [5.74, 6) is -0.450. The number of carbonyl (C=O) groups excluding carboxylic acids is 2. The molecule has 2 aromatic carbocycles. The molecule has 2 heterocycles. The highest BCUT2D eigenvalue weighted by molar-refractivity contribution is 6.22. The minimum Gasteiger partial charge on any atom is -0.378 e. The van der Waals surface area contributed by atoms with Gasteiger partial charge in [0.25, 0.3) is 5.91 Å². The minimum absolute atomic E-state index is 0.129. The molecule has 0 bridgehead atoms. The van der Waals surface area contributed by atoms with E-state index >= 15 is 0 Å². The molecule has 27 heavy (non-hydrogen) atoms. The Kier molecular flexibility index (Phi) is 5.04. The van der Waals surface area contributed by atoms with Crippen LogP contribution in [0.3, 0.4) is 0 Å². The van der Waals surface area contributed by atoms with E-state index in [1.165, 1.54) is 4.90 Å². The zero-order chi connectivity index (χ0) is 18.6. The molecule has 2 amide bonds. The highest BCUT2D eigenvalue weighted by Gasteiger charge is 2.39. The van der Waals surface area contributed by atoms with Crippen molar-refractivity contribution in [3.8, 4) is 0 Å². The fourth-order valence-corrected chi connectivity index (χ4v) is 3.34. The number of morpholine rings is 1. The van der Waals surface area contributed by atoms with E-state index in [9.17, 15) is 9.59 Å². The highest BCUT2D eigenvalue weighted by Crippen LogP contribution is 2.26. The summed E-state index contributed by atoms with van der Waals surface area (Å²) in [5, 5.41) is 0. The number of benzene rings is 2. The molecule has 2 N–H and O–H groups in total. The van der Waals surface area contributed by atoms with Crippen molar-refractivity contribution < 1.29 is 14.3 Å². The second kappa shape index (κ2) is 7.77. The number of hydrogen-bond donors (Lipinski definition) is 2. The molecule has 4 rings (SSSR count). The lowest BCUT2D eigenvalue weighted by Gasteiger charge is -2.29. The van der Waals surface area contributed by atoms with Crippen molar-refractivity contribution in [3.63, 3.8) is 0 Å². The van der Waals surface area contributed by atoms with Gasteiger partial charge in [-0.25, -0.2) is 10.3 Å². The lowest BCUT2D eigenvalue weighted by molar-refractivity contribution is -0.121. The van der Waals surface area contributed by atoms with Crippen molar-refractivity contribution in [2.75, 3.05) is 41.5 Å². The highest BCUT2D eigenvalue weighted by atomic mass is 16.5. The maximum atomic E-state index is 12.7. The second-order valence-electron chi connectivity index (χ2n) is 6.58. The Morgan fingerprint density at radius 1 is 0.889 bits per heavy atom. The van der Waals surface area contributed by atoms with Gasteiger partial charge in [-0.05, 0) is 36.4 Å².